The molecule has 0 atom stereocenters. The van der Waals surface area contributed by atoms with Gasteiger partial charge in [-0.3, -0.25) is 4.79 Å². The highest BCUT2D eigenvalue weighted by molar-refractivity contribution is 5.92. The molecular formula is C16H15N3O2. The van der Waals surface area contributed by atoms with Crippen LogP contribution in [-0.4, -0.2) is 17.9 Å². The number of rotatable bonds is 4. The van der Waals surface area contributed by atoms with E-state index in [2.05, 4.69) is 4.98 Å². The Kier molecular flexibility index (Phi) is 3.31. The van der Waals surface area contributed by atoms with Crippen LogP contribution in [0.3, 0.4) is 0 Å². The Morgan fingerprint density at radius 1 is 1.19 bits per heavy atom. The van der Waals surface area contributed by atoms with E-state index in [1.165, 1.54) is 0 Å². The molecule has 5 heteroatoms. The minimum atomic E-state index is -0.422. The molecule has 0 bridgehead atoms. The number of carbonyl (C=O) groups excluding carboxylic acids is 1. The summed E-state index contributed by atoms with van der Waals surface area (Å²) in [6.07, 6.45) is 0. The van der Waals surface area contributed by atoms with Crippen LogP contribution in [0.2, 0.25) is 0 Å². The number of nitrogens with two attached hydrogens (primary N) is 1. The van der Waals surface area contributed by atoms with Crippen LogP contribution in [0.1, 0.15) is 15.9 Å². The average Bonchev–Trinajstić information content (AvgIpc) is 2.92. The largest absolute Gasteiger partial charge is 0.423 e. The zero-order valence-corrected chi connectivity index (χ0v) is 11.6. The average molecular weight is 281 g/mol. The number of para-hydroxylation sites is 2. The maximum Gasteiger partial charge on any atom is 0.298 e. The number of amides is 1. The second-order valence-corrected chi connectivity index (χ2v) is 4.88. The third-order valence-corrected chi connectivity index (χ3v) is 3.27. The molecule has 0 aliphatic carbocycles. The monoisotopic (exact) mass is 281 g/mol. The molecule has 0 fully saturated rings. The van der Waals surface area contributed by atoms with Crippen LogP contribution in [0.25, 0.3) is 11.1 Å². The molecule has 2 N–H and O–H groups in total. The maximum absolute atomic E-state index is 11.0. The summed E-state index contributed by atoms with van der Waals surface area (Å²) in [5.41, 5.74) is 8.38. The number of anilines is 1. The van der Waals surface area contributed by atoms with Gasteiger partial charge in [-0.2, -0.15) is 4.98 Å². The zero-order chi connectivity index (χ0) is 14.8. The van der Waals surface area contributed by atoms with Crippen LogP contribution >= 0.6 is 0 Å². The van der Waals surface area contributed by atoms with Gasteiger partial charge >= 0.3 is 0 Å². The molecule has 0 saturated heterocycles. The highest BCUT2D eigenvalue weighted by Crippen LogP contribution is 2.21. The van der Waals surface area contributed by atoms with Crippen LogP contribution in [-0.2, 0) is 6.54 Å². The molecule has 2 aromatic carbocycles. The SMILES string of the molecule is CN(Cc1ccc(C(N)=O)cc1)c1nc2ccccc2o1. The number of fused-ring (bicyclic) bond motifs is 1. The summed E-state index contributed by atoms with van der Waals surface area (Å²) in [7, 11) is 1.91. The topological polar surface area (TPSA) is 72.4 Å². The van der Waals surface area contributed by atoms with Gasteiger partial charge < -0.3 is 15.1 Å². The summed E-state index contributed by atoms with van der Waals surface area (Å²) in [6.45, 7) is 0.631. The van der Waals surface area contributed by atoms with Gasteiger partial charge in [0, 0.05) is 19.2 Å². The van der Waals surface area contributed by atoms with Crippen LogP contribution < -0.4 is 10.6 Å². The Morgan fingerprint density at radius 3 is 2.57 bits per heavy atom. The van der Waals surface area contributed by atoms with E-state index in [-0.39, 0.29) is 0 Å². The van der Waals surface area contributed by atoms with Gasteiger partial charge in [0.2, 0.25) is 5.91 Å². The predicted molar refractivity (Wildman–Crippen MR) is 81.1 cm³/mol. The van der Waals surface area contributed by atoms with Gasteiger partial charge in [0.1, 0.15) is 5.52 Å². The number of oxazole rings is 1. The van der Waals surface area contributed by atoms with E-state index < -0.39 is 5.91 Å². The molecule has 0 radical (unpaired) electrons. The number of nitrogens with zero attached hydrogens (tertiary/aromatic N) is 2. The van der Waals surface area contributed by atoms with Crippen molar-refractivity contribution in [3.63, 3.8) is 0 Å². The van der Waals surface area contributed by atoms with E-state index in [4.69, 9.17) is 10.2 Å². The quantitative estimate of drug-likeness (QED) is 0.797. The fourth-order valence-electron chi connectivity index (χ4n) is 2.14. The number of aromatic nitrogens is 1. The molecule has 3 aromatic rings. The summed E-state index contributed by atoms with van der Waals surface area (Å²) < 4.78 is 5.70. The number of benzene rings is 2. The summed E-state index contributed by atoms with van der Waals surface area (Å²) in [5.74, 6) is -0.422. The van der Waals surface area contributed by atoms with E-state index in [1.54, 1.807) is 12.1 Å². The lowest BCUT2D eigenvalue weighted by Crippen LogP contribution is -2.17. The van der Waals surface area contributed by atoms with Gasteiger partial charge in [-0.1, -0.05) is 24.3 Å². The molecule has 0 unspecified atom stereocenters. The number of hydrogen-bond acceptors (Lipinski definition) is 4. The molecule has 0 spiro atoms. The smallest absolute Gasteiger partial charge is 0.298 e. The summed E-state index contributed by atoms with van der Waals surface area (Å²) in [4.78, 5) is 17.4. The van der Waals surface area contributed by atoms with Gasteiger partial charge in [0.05, 0.1) is 0 Å². The van der Waals surface area contributed by atoms with Gasteiger partial charge in [-0.05, 0) is 29.8 Å². The third-order valence-electron chi connectivity index (χ3n) is 3.27. The number of hydrogen-bond donors (Lipinski definition) is 1. The molecule has 1 heterocycles. The fourth-order valence-corrected chi connectivity index (χ4v) is 2.14. The van der Waals surface area contributed by atoms with Crippen LogP contribution in [0, 0.1) is 0 Å². The van der Waals surface area contributed by atoms with Crippen molar-refractivity contribution in [2.24, 2.45) is 5.73 Å². The second-order valence-electron chi connectivity index (χ2n) is 4.88. The van der Waals surface area contributed by atoms with Crippen molar-refractivity contribution >= 4 is 23.0 Å². The minimum absolute atomic E-state index is 0.422. The first kappa shape index (κ1) is 13.2. The maximum atomic E-state index is 11.0. The summed E-state index contributed by atoms with van der Waals surface area (Å²) in [5, 5.41) is 0. The van der Waals surface area contributed by atoms with Crippen molar-refractivity contribution < 1.29 is 9.21 Å². The Labute approximate surface area is 122 Å². The Hall–Kier alpha value is -2.82. The summed E-state index contributed by atoms with van der Waals surface area (Å²) in [6, 6.07) is 15.4. The number of primary amides is 1. The molecule has 3 rings (SSSR count). The third kappa shape index (κ3) is 2.72. The molecule has 5 nitrogen and oxygen atoms in total. The molecule has 0 aliphatic rings. The fraction of sp³-hybridized carbons (Fsp3) is 0.125. The molecule has 1 amide bonds. The molecule has 0 saturated carbocycles. The molecule has 21 heavy (non-hydrogen) atoms. The van der Waals surface area contributed by atoms with Crippen molar-refractivity contribution in [2.75, 3.05) is 11.9 Å². The van der Waals surface area contributed by atoms with Gasteiger partial charge in [0.15, 0.2) is 5.58 Å². The van der Waals surface area contributed by atoms with Gasteiger partial charge in [-0.15, -0.1) is 0 Å². The normalized spacial score (nSPS) is 10.7. The van der Waals surface area contributed by atoms with E-state index in [0.717, 1.165) is 16.7 Å². The van der Waals surface area contributed by atoms with Gasteiger partial charge in [-0.25, -0.2) is 0 Å². The second kappa shape index (κ2) is 5.28. The van der Waals surface area contributed by atoms with Crippen molar-refractivity contribution in [2.45, 2.75) is 6.54 Å². The molecular weight excluding hydrogens is 266 g/mol. The Balaban J connectivity index is 1.78. The van der Waals surface area contributed by atoms with E-state index in [1.807, 2.05) is 48.3 Å². The van der Waals surface area contributed by atoms with Crippen LogP contribution in [0.15, 0.2) is 52.9 Å². The lowest BCUT2D eigenvalue weighted by Gasteiger charge is -2.14. The lowest BCUT2D eigenvalue weighted by atomic mass is 10.1. The standard InChI is InChI=1S/C16H15N3O2/c1-19(10-11-6-8-12(9-7-11)15(17)20)16-18-13-4-2-3-5-14(13)21-16/h2-9H,10H2,1H3,(H2,17,20). The van der Waals surface area contributed by atoms with Crippen molar-refractivity contribution in [3.8, 4) is 0 Å². The Morgan fingerprint density at radius 2 is 1.90 bits per heavy atom. The van der Waals surface area contributed by atoms with Gasteiger partial charge in [0.25, 0.3) is 6.01 Å². The van der Waals surface area contributed by atoms with Crippen molar-refractivity contribution in [3.05, 3.63) is 59.7 Å². The summed E-state index contributed by atoms with van der Waals surface area (Å²) >= 11 is 0. The number of carbonyl (C=O) groups is 1. The van der Waals surface area contributed by atoms with Crippen LogP contribution in [0.5, 0.6) is 0 Å². The lowest BCUT2D eigenvalue weighted by molar-refractivity contribution is 0.100. The van der Waals surface area contributed by atoms with E-state index >= 15 is 0 Å². The molecule has 0 aliphatic heterocycles. The highest BCUT2D eigenvalue weighted by atomic mass is 16.4. The van der Waals surface area contributed by atoms with Crippen molar-refractivity contribution in [1.29, 1.82) is 0 Å². The zero-order valence-electron chi connectivity index (χ0n) is 11.6. The molecule has 1 aromatic heterocycles. The predicted octanol–water partition coefficient (Wildman–Crippen LogP) is 2.56. The van der Waals surface area contributed by atoms with Crippen molar-refractivity contribution in [1.82, 2.24) is 4.98 Å². The van der Waals surface area contributed by atoms with Crippen LogP contribution in [0.4, 0.5) is 6.01 Å². The van der Waals surface area contributed by atoms with E-state index in [9.17, 15) is 4.79 Å². The first-order valence-corrected chi connectivity index (χ1v) is 6.59. The molecule has 106 valence electrons. The van der Waals surface area contributed by atoms with E-state index in [0.29, 0.717) is 18.1 Å². The highest BCUT2D eigenvalue weighted by Gasteiger charge is 2.10. The minimum Gasteiger partial charge on any atom is -0.423 e. The first-order chi connectivity index (χ1) is 10.1. The Bertz CT molecular complexity index is 745. The first-order valence-electron chi connectivity index (χ1n) is 6.59.